The zero-order chi connectivity index (χ0) is 23.0. The summed E-state index contributed by atoms with van der Waals surface area (Å²) >= 11 is 1.48. The third-order valence-corrected chi connectivity index (χ3v) is 5.99. The van der Waals surface area contributed by atoms with Gasteiger partial charge < -0.3 is 18.9 Å². The number of rotatable bonds is 3. The Morgan fingerprint density at radius 1 is 1.19 bits per heavy atom. The van der Waals surface area contributed by atoms with Crippen LogP contribution in [0.15, 0.2) is 29.7 Å². The maximum Gasteiger partial charge on any atom is 0.410 e. The van der Waals surface area contributed by atoms with E-state index < -0.39 is 5.60 Å². The zero-order valence-corrected chi connectivity index (χ0v) is 19.9. The molecule has 1 amide bonds. The molecule has 2 aromatic heterocycles. The molecule has 0 saturated carbocycles. The number of aromatic nitrogens is 3. The molecule has 170 valence electrons. The van der Waals surface area contributed by atoms with Gasteiger partial charge in [-0.05, 0) is 45.9 Å². The molecule has 0 bridgehead atoms. The highest BCUT2D eigenvalue weighted by atomic mass is 32.2. The van der Waals surface area contributed by atoms with Crippen molar-refractivity contribution < 1.29 is 19.1 Å². The summed E-state index contributed by atoms with van der Waals surface area (Å²) in [7, 11) is 0. The number of nitrogens with zero attached hydrogens (tertiary/aromatic N) is 4. The van der Waals surface area contributed by atoms with E-state index >= 15 is 0 Å². The van der Waals surface area contributed by atoms with E-state index in [1.54, 1.807) is 4.90 Å². The van der Waals surface area contributed by atoms with Crippen molar-refractivity contribution in [2.24, 2.45) is 0 Å². The first-order valence-electron chi connectivity index (χ1n) is 10.7. The largest absolute Gasteiger partial charge is 0.444 e. The number of hydrogen-bond acceptors (Lipinski definition) is 7. The van der Waals surface area contributed by atoms with Crippen LogP contribution in [0.1, 0.15) is 46.6 Å². The van der Waals surface area contributed by atoms with Gasteiger partial charge in [0, 0.05) is 49.2 Å². The first-order valence-corrected chi connectivity index (χ1v) is 11.9. The minimum atomic E-state index is -0.517. The van der Waals surface area contributed by atoms with Crippen LogP contribution in [0, 0.1) is 0 Å². The summed E-state index contributed by atoms with van der Waals surface area (Å²) < 4.78 is 13.2. The lowest BCUT2D eigenvalue weighted by Gasteiger charge is -2.34. The lowest BCUT2D eigenvalue weighted by Crippen LogP contribution is -2.42. The average molecular weight is 457 g/mol. The Hall–Kier alpha value is -2.81. The van der Waals surface area contributed by atoms with E-state index in [1.165, 1.54) is 18.7 Å². The topological polar surface area (TPSA) is 86.6 Å². The van der Waals surface area contributed by atoms with Crippen molar-refractivity contribution in [2.75, 3.05) is 19.3 Å². The summed E-state index contributed by atoms with van der Waals surface area (Å²) in [6.07, 6.45) is 6.90. The zero-order valence-electron chi connectivity index (χ0n) is 19.0. The molecule has 1 fully saturated rings. The van der Waals surface area contributed by atoms with E-state index in [0.717, 1.165) is 34.6 Å². The molecule has 1 aliphatic heterocycles. The quantitative estimate of drug-likeness (QED) is 0.318. The molecule has 3 aromatic rings. The summed E-state index contributed by atoms with van der Waals surface area (Å²) in [5.41, 5.74) is 1.24. The van der Waals surface area contributed by atoms with Crippen LogP contribution in [0.2, 0.25) is 0 Å². The summed E-state index contributed by atoms with van der Waals surface area (Å²) in [6.45, 7) is 8.20. The van der Waals surface area contributed by atoms with Crippen LogP contribution in [0.4, 0.5) is 4.79 Å². The number of benzene rings is 1. The van der Waals surface area contributed by atoms with Crippen LogP contribution in [0.25, 0.3) is 21.8 Å². The van der Waals surface area contributed by atoms with Crippen LogP contribution in [-0.2, 0) is 9.53 Å². The van der Waals surface area contributed by atoms with Gasteiger partial charge in [-0.15, -0.1) is 0 Å². The Morgan fingerprint density at radius 2 is 1.91 bits per heavy atom. The standard InChI is InChI=1S/C23H28N4O4S/c1-14(28)30-18-13-27(16-8-10-26(11-9-16)22(29)31-23(2,3)4)20-17(18)7-6-15-12-24-21(32-5)25-19(15)20/h6-7,12-13,16H,8-11H2,1-5H3. The smallest absolute Gasteiger partial charge is 0.410 e. The van der Waals surface area contributed by atoms with Crippen LogP contribution >= 0.6 is 11.8 Å². The second kappa shape index (κ2) is 8.61. The van der Waals surface area contributed by atoms with Crippen LogP contribution in [0.3, 0.4) is 0 Å². The number of ether oxygens (including phenoxy) is 2. The Bertz CT molecular complexity index is 1180. The Morgan fingerprint density at radius 3 is 2.53 bits per heavy atom. The molecular weight excluding hydrogens is 428 g/mol. The molecule has 1 saturated heterocycles. The van der Waals surface area contributed by atoms with Gasteiger partial charge in [0.05, 0.1) is 11.0 Å². The van der Waals surface area contributed by atoms with Gasteiger partial charge in [-0.1, -0.05) is 17.8 Å². The van der Waals surface area contributed by atoms with Crippen molar-refractivity contribution in [2.45, 2.75) is 57.3 Å². The minimum absolute atomic E-state index is 0.138. The van der Waals surface area contributed by atoms with Gasteiger partial charge in [-0.25, -0.2) is 14.8 Å². The summed E-state index contributed by atoms with van der Waals surface area (Å²) in [6, 6.07) is 4.04. The van der Waals surface area contributed by atoms with E-state index in [0.29, 0.717) is 24.0 Å². The van der Waals surface area contributed by atoms with Crippen LogP contribution in [0.5, 0.6) is 5.75 Å². The van der Waals surface area contributed by atoms with E-state index in [2.05, 4.69) is 9.55 Å². The van der Waals surface area contributed by atoms with Crippen molar-refractivity contribution in [3.63, 3.8) is 0 Å². The fraction of sp³-hybridized carbons (Fsp3) is 0.478. The Balaban J connectivity index is 1.71. The monoisotopic (exact) mass is 456 g/mol. The summed E-state index contributed by atoms with van der Waals surface area (Å²) in [5, 5.41) is 2.45. The van der Waals surface area contributed by atoms with Crippen molar-refractivity contribution in [3.8, 4) is 5.75 Å². The molecule has 0 unspecified atom stereocenters. The predicted molar refractivity (Wildman–Crippen MR) is 124 cm³/mol. The van der Waals surface area contributed by atoms with E-state index in [1.807, 2.05) is 51.6 Å². The van der Waals surface area contributed by atoms with Gasteiger partial charge in [-0.3, -0.25) is 4.79 Å². The van der Waals surface area contributed by atoms with Crippen molar-refractivity contribution >= 4 is 45.6 Å². The second-order valence-corrected chi connectivity index (χ2v) is 9.72. The molecule has 1 aromatic carbocycles. The summed E-state index contributed by atoms with van der Waals surface area (Å²) in [5.74, 6) is 0.157. The molecule has 4 rings (SSSR count). The normalized spacial score (nSPS) is 15.3. The number of esters is 1. The molecule has 3 heterocycles. The summed E-state index contributed by atoms with van der Waals surface area (Å²) in [4.78, 5) is 35.1. The third kappa shape index (κ3) is 4.53. The SMILES string of the molecule is CSc1ncc2ccc3c(OC(C)=O)cn(C4CCN(C(=O)OC(C)(C)C)CC4)c3c2n1. The van der Waals surface area contributed by atoms with Gasteiger partial charge in [0.1, 0.15) is 5.60 Å². The fourth-order valence-corrected chi connectivity index (χ4v) is 4.40. The first kappa shape index (κ1) is 22.4. The number of thioether (sulfide) groups is 1. The van der Waals surface area contributed by atoms with E-state index in [4.69, 9.17) is 14.5 Å². The minimum Gasteiger partial charge on any atom is -0.444 e. The second-order valence-electron chi connectivity index (χ2n) is 8.95. The van der Waals surface area contributed by atoms with E-state index in [9.17, 15) is 9.59 Å². The van der Waals surface area contributed by atoms with Gasteiger partial charge in [0.15, 0.2) is 10.9 Å². The molecule has 1 aliphatic rings. The molecule has 0 atom stereocenters. The lowest BCUT2D eigenvalue weighted by atomic mass is 10.0. The molecule has 8 nitrogen and oxygen atoms in total. The van der Waals surface area contributed by atoms with Gasteiger partial charge in [0.2, 0.25) is 0 Å². The molecule has 0 radical (unpaired) electrons. The number of carbonyl (C=O) groups excluding carboxylic acids is 2. The van der Waals surface area contributed by atoms with Gasteiger partial charge in [-0.2, -0.15) is 0 Å². The molecule has 0 N–H and O–H groups in total. The van der Waals surface area contributed by atoms with Gasteiger partial charge >= 0.3 is 12.1 Å². The number of carbonyl (C=O) groups is 2. The molecule has 32 heavy (non-hydrogen) atoms. The maximum absolute atomic E-state index is 12.5. The highest BCUT2D eigenvalue weighted by Gasteiger charge is 2.29. The Kier molecular flexibility index (Phi) is 6.03. The number of amides is 1. The molecule has 9 heteroatoms. The number of fused-ring (bicyclic) bond motifs is 3. The Labute approximate surface area is 191 Å². The van der Waals surface area contributed by atoms with Crippen molar-refractivity contribution in [1.82, 2.24) is 19.4 Å². The first-order chi connectivity index (χ1) is 15.2. The number of likely N-dealkylation sites (tertiary alicyclic amines) is 1. The highest BCUT2D eigenvalue weighted by Crippen LogP contribution is 2.38. The third-order valence-electron chi connectivity index (χ3n) is 5.43. The molecule has 0 aliphatic carbocycles. The van der Waals surface area contributed by atoms with Crippen molar-refractivity contribution in [3.05, 3.63) is 24.5 Å². The predicted octanol–water partition coefficient (Wildman–Crippen LogP) is 4.80. The maximum atomic E-state index is 12.5. The van der Waals surface area contributed by atoms with Crippen LogP contribution < -0.4 is 4.74 Å². The fourth-order valence-electron chi connectivity index (χ4n) is 4.06. The average Bonchev–Trinajstić information content (AvgIpc) is 3.10. The van der Waals surface area contributed by atoms with Crippen molar-refractivity contribution in [1.29, 1.82) is 0 Å². The van der Waals surface area contributed by atoms with E-state index in [-0.39, 0.29) is 18.1 Å². The molecular formula is C23H28N4O4S. The molecule has 0 spiro atoms. The lowest BCUT2D eigenvalue weighted by molar-refractivity contribution is -0.131. The van der Waals surface area contributed by atoms with Crippen LogP contribution in [-0.4, -0.2) is 56.4 Å². The van der Waals surface area contributed by atoms with Gasteiger partial charge in [0.25, 0.3) is 0 Å². The number of piperidine rings is 1. The highest BCUT2D eigenvalue weighted by molar-refractivity contribution is 7.98. The number of hydrogen-bond donors (Lipinski definition) is 0.